The Morgan fingerprint density at radius 3 is 2.58 bits per heavy atom. The summed E-state index contributed by atoms with van der Waals surface area (Å²) in [6, 6.07) is 0. The van der Waals surface area contributed by atoms with Crippen molar-refractivity contribution in [3.8, 4) is 0 Å². The molecule has 1 aromatic rings. The van der Waals surface area contributed by atoms with Crippen LogP contribution in [0, 0.1) is 6.92 Å². The van der Waals surface area contributed by atoms with Gasteiger partial charge < -0.3 is 19.5 Å². The van der Waals surface area contributed by atoms with Gasteiger partial charge in [-0.2, -0.15) is 4.98 Å². The number of aryl methyl sites for hydroxylation is 1. The van der Waals surface area contributed by atoms with Crippen molar-refractivity contribution >= 4 is 5.91 Å². The first kappa shape index (κ1) is 17.3. The van der Waals surface area contributed by atoms with Crippen LogP contribution in [0.4, 0.5) is 0 Å². The third-order valence-electron chi connectivity index (χ3n) is 5.10. The topological polar surface area (TPSA) is 83.7 Å². The number of hydrogen-bond donors (Lipinski definition) is 1. The van der Waals surface area contributed by atoms with Gasteiger partial charge in [0, 0.05) is 32.1 Å². The number of ether oxygens (including phenoxy) is 1. The standard InChI is InChI=1S/C16H27N5O3/c1-13-18-14(19-24-13)11-15(22)17-12-16(3-5-20(2)6-4-16)21-7-9-23-10-8-21/h3-12H2,1-2H3,(H,17,22). The normalized spacial score (nSPS) is 22.4. The molecule has 1 N–H and O–H groups in total. The van der Waals surface area contributed by atoms with E-state index < -0.39 is 0 Å². The molecule has 0 aliphatic carbocycles. The van der Waals surface area contributed by atoms with Crippen molar-refractivity contribution < 1.29 is 14.1 Å². The van der Waals surface area contributed by atoms with Crippen LogP contribution in [-0.4, -0.2) is 84.4 Å². The molecule has 0 unspecified atom stereocenters. The quantitative estimate of drug-likeness (QED) is 0.799. The molecule has 24 heavy (non-hydrogen) atoms. The smallest absolute Gasteiger partial charge is 0.227 e. The van der Waals surface area contributed by atoms with E-state index in [2.05, 4.69) is 32.3 Å². The van der Waals surface area contributed by atoms with Gasteiger partial charge in [0.05, 0.1) is 19.6 Å². The molecule has 0 atom stereocenters. The highest BCUT2D eigenvalue weighted by atomic mass is 16.5. The lowest BCUT2D eigenvalue weighted by Crippen LogP contribution is -2.62. The van der Waals surface area contributed by atoms with Gasteiger partial charge in [-0.3, -0.25) is 9.69 Å². The summed E-state index contributed by atoms with van der Waals surface area (Å²) in [4.78, 5) is 21.2. The van der Waals surface area contributed by atoms with Crippen LogP contribution in [0.5, 0.6) is 0 Å². The summed E-state index contributed by atoms with van der Waals surface area (Å²) in [7, 11) is 2.15. The molecule has 1 amide bonds. The Morgan fingerprint density at radius 1 is 1.25 bits per heavy atom. The number of carbonyl (C=O) groups excluding carboxylic acids is 1. The molecule has 2 fully saturated rings. The lowest BCUT2D eigenvalue weighted by molar-refractivity contribution is -0.122. The fourth-order valence-electron chi connectivity index (χ4n) is 3.56. The van der Waals surface area contributed by atoms with Gasteiger partial charge in [0.2, 0.25) is 11.8 Å². The van der Waals surface area contributed by atoms with Gasteiger partial charge in [-0.1, -0.05) is 5.16 Å². The number of carbonyl (C=O) groups is 1. The molecule has 0 aromatic carbocycles. The van der Waals surface area contributed by atoms with E-state index in [-0.39, 0.29) is 17.9 Å². The van der Waals surface area contributed by atoms with Gasteiger partial charge in [-0.15, -0.1) is 0 Å². The molecule has 0 saturated carbocycles. The molecule has 0 spiro atoms. The summed E-state index contributed by atoms with van der Waals surface area (Å²) in [5.41, 5.74) is 0.0269. The van der Waals surface area contributed by atoms with Crippen LogP contribution < -0.4 is 5.32 Å². The maximum Gasteiger partial charge on any atom is 0.227 e. The maximum absolute atomic E-state index is 12.3. The Kier molecular flexibility index (Phi) is 5.47. The van der Waals surface area contributed by atoms with Crippen molar-refractivity contribution in [2.75, 3.05) is 53.0 Å². The van der Waals surface area contributed by atoms with Crippen molar-refractivity contribution in [2.45, 2.75) is 31.7 Å². The van der Waals surface area contributed by atoms with Crippen LogP contribution in [-0.2, 0) is 16.0 Å². The summed E-state index contributed by atoms with van der Waals surface area (Å²) in [5, 5.41) is 6.89. The van der Waals surface area contributed by atoms with Gasteiger partial charge in [0.1, 0.15) is 0 Å². The maximum atomic E-state index is 12.3. The van der Waals surface area contributed by atoms with E-state index in [1.54, 1.807) is 6.92 Å². The highest BCUT2D eigenvalue weighted by Gasteiger charge is 2.40. The Bertz CT molecular complexity index is 548. The third kappa shape index (κ3) is 4.12. The highest BCUT2D eigenvalue weighted by Crippen LogP contribution is 2.29. The van der Waals surface area contributed by atoms with Crippen LogP contribution in [0.3, 0.4) is 0 Å². The Morgan fingerprint density at radius 2 is 1.96 bits per heavy atom. The molecule has 3 rings (SSSR count). The molecule has 8 heteroatoms. The minimum absolute atomic E-state index is 0.0269. The monoisotopic (exact) mass is 337 g/mol. The van der Waals surface area contributed by atoms with E-state index >= 15 is 0 Å². The average Bonchev–Trinajstić information content (AvgIpc) is 3.00. The average molecular weight is 337 g/mol. The lowest BCUT2D eigenvalue weighted by atomic mass is 9.85. The van der Waals surface area contributed by atoms with Crippen molar-refractivity contribution in [2.24, 2.45) is 0 Å². The fourth-order valence-corrected chi connectivity index (χ4v) is 3.56. The van der Waals surface area contributed by atoms with E-state index in [0.29, 0.717) is 18.3 Å². The number of piperidine rings is 1. The van der Waals surface area contributed by atoms with E-state index in [1.807, 2.05) is 0 Å². The number of rotatable bonds is 5. The Labute approximate surface area is 142 Å². The van der Waals surface area contributed by atoms with Crippen LogP contribution in [0.25, 0.3) is 0 Å². The molecule has 2 aliphatic rings. The second-order valence-corrected chi connectivity index (χ2v) is 6.81. The second-order valence-electron chi connectivity index (χ2n) is 6.81. The minimum Gasteiger partial charge on any atom is -0.379 e. The fraction of sp³-hybridized carbons (Fsp3) is 0.812. The molecule has 0 bridgehead atoms. The number of nitrogens with zero attached hydrogens (tertiary/aromatic N) is 4. The minimum atomic E-state index is -0.0534. The van der Waals surface area contributed by atoms with Crippen molar-refractivity contribution in [3.05, 3.63) is 11.7 Å². The summed E-state index contributed by atoms with van der Waals surface area (Å²) in [6.45, 7) is 7.90. The first-order valence-electron chi connectivity index (χ1n) is 8.65. The molecular weight excluding hydrogens is 310 g/mol. The van der Waals surface area contributed by atoms with Gasteiger partial charge in [0.15, 0.2) is 5.82 Å². The molecule has 134 valence electrons. The Balaban J connectivity index is 1.60. The summed E-state index contributed by atoms with van der Waals surface area (Å²) in [6.07, 6.45) is 2.28. The highest BCUT2D eigenvalue weighted by molar-refractivity contribution is 5.77. The molecule has 2 aliphatic heterocycles. The van der Waals surface area contributed by atoms with Crippen molar-refractivity contribution in [1.82, 2.24) is 25.3 Å². The van der Waals surface area contributed by atoms with E-state index in [4.69, 9.17) is 9.26 Å². The van der Waals surface area contributed by atoms with E-state index in [0.717, 1.165) is 52.2 Å². The zero-order chi connectivity index (χ0) is 17.0. The van der Waals surface area contributed by atoms with Crippen molar-refractivity contribution in [3.63, 3.8) is 0 Å². The van der Waals surface area contributed by atoms with Crippen LogP contribution >= 0.6 is 0 Å². The lowest BCUT2D eigenvalue weighted by Gasteiger charge is -2.49. The SMILES string of the molecule is Cc1nc(CC(=O)NCC2(N3CCOCC3)CCN(C)CC2)no1. The predicted octanol–water partition coefficient (Wildman–Crippen LogP) is -0.167. The number of aromatic nitrogens is 2. The summed E-state index contributed by atoms with van der Waals surface area (Å²) < 4.78 is 10.4. The van der Waals surface area contributed by atoms with E-state index in [9.17, 15) is 4.79 Å². The number of morpholine rings is 1. The summed E-state index contributed by atoms with van der Waals surface area (Å²) >= 11 is 0. The van der Waals surface area contributed by atoms with Gasteiger partial charge in [0.25, 0.3) is 0 Å². The van der Waals surface area contributed by atoms with Crippen molar-refractivity contribution in [1.29, 1.82) is 0 Å². The number of likely N-dealkylation sites (tertiary alicyclic amines) is 1. The Hall–Kier alpha value is -1.51. The van der Waals surface area contributed by atoms with Crippen LogP contribution in [0.15, 0.2) is 4.52 Å². The molecule has 0 radical (unpaired) electrons. The number of amides is 1. The first-order chi connectivity index (χ1) is 11.6. The molecule has 8 nitrogen and oxygen atoms in total. The van der Waals surface area contributed by atoms with Gasteiger partial charge >= 0.3 is 0 Å². The van der Waals surface area contributed by atoms with Gasteiger partial charge in [-0.05, 0) is 33.0 Å². The first-order valence-corrected chi connectivity index (χ1v) is 8.65. The number of nitrogens with one attached hydrogen (secondary N) is 1. The van der Waals surface area contributed by atoms with Crippen LogP contribution in [0.2, 0.25) is 0 Å². The second kappa shape index (κ2) is 7.58. The van der Waals surface area contributed by atoms with Gasteiger partial charge in [-0.25, -0.2) is 0 Å². The van der Waals surface area contributed by atoms with Crippen LogP contribution in [0.1, 0.15) is 24.6 Å². The molecular formula is C16H27N5O3. The molecule has 3 heterocycles. The third-order valence-corrected chi connectivity index (χ3v) is 5.10. The summed E-state index contributed by atoms with van der Waals surface area (Å²) in [5.74, 6) is 0.870. The van der Waals surface area contributed by atoms with E-state index in [1.165, 1.54) is 0 Å². The predicted molar refractivity (Wildman–Crippen MR) is 87.6 cm³/mol. The zero-order valence-corrected chi connectivity index (χ0v) is 14.6. The molecule has 2 saturated heterocycles. The zero-order valence-electron chi connectivity index (χ0n) is 14.6. The number of hydrogen-bond acceptors (Lipinski definition) is 7. The largest absolute Gasteiger partial charge is 0.379 e. The molecule has 1 aromatic heterocycles.